The Kier molecular flexibility index (Phi) is 17.2. The van der Waals surface area contributed by atoms with Crippen molar-refractivity contribution in [1.29, 1.82) is 0 Å². The Hall–Kier alpha value is -1.29. The van der Waals surface area contributed by atoms with Crippen molar-refractivity contribution >= 4 is 5.91 Å². The Morgan fingerprint density at radius 2 is 1.44 bits per heavy atom. The molecule has 1 rings (SSSR count). The zero-order valence-corrected chi connectivity index (χ0v) is 21.7. The first-order valence-corrected chi connectivity index (χ1v) is 13.8. The predicted molar refractivity (Wildman–Crippen MR) is 139 cm³/mol. The molecule has 0 saturated heterocycles. The molecule has 2 atom stereocenters. The van der Waals surface area contributed by atoms with Crippen molar-refractivity contribution in [2.75, 3.05) is 19.6 Å². The van der Waals surface area contributed by atoms with Crippen molar-refractivity contribution in [2.24, 2.45) is 0 Å². The zero-order chi connectivity index (χ0) is 23.3. The number of carbonyl (C=O) groups is 1. The maximum absolute atomic E-state index is 11.2. The molecule has 0 bridgehead atoms. The van der Waals surface area contributed by atoms with Crippen LogP contribution >= 0.6 is 0 Å². The summed E-state index contributed by atoms with van der Waals surface area (Å²) in [4.78, 5) is 11.2. The number of rotatable bonds is 21. The molecule has 32 heavy (non-hydrogen) atoms. The molecule has 0 aromatic carbocycles. The van der Waals surface area contributed by atoms with Gasteiger partial charge in [0.05, 0.1) is 19.3 Å². The van der Waals surface area contributed by atoms with Crippen molar-refractivity contribution in [2.45, 2.75) is 130 Å². The summed E-state index contributed by atoms with van der Waals surface area (Å²) in [7, 11) is 0. The van der Waals surface area contributed by atoms with Gasteiger partial charge in [-0.1, -0.05) is 103 Å². The third kappa shape index (κ3) is 13.3. The number of nitrogens with zero attached hydrogens (tertiary/aromatic N) is 1. The normalized spacial score (nSPS) is 20.2. The Morgan fingerprint density at radius 3 is 1.97 bits per heavy atom. The third-order valence-corrected chi connectivity index (χ3v) is 7.02. The molecule has 0 fully saturated rings. The van der Waals surface area contributed by atoms with Crippen LogP contribution in [-0.4, -0.2) is 36.2 Å². The van der Waals surface area contributed by atoms with Crippen molar-refractivity contribution in [3.05, 3.63) is 24.6 Å². The van der Waals surface area contributed by atoms with Crippen LogP contribution in [0.15, 0.2) is 24.6 Å². The van der Waals surface area contributed by atoms with Crippen molar-refractivity contribution in [1.82, 2.24) is 10.6 Å². The van der Waals surface area contributed by atoms with Crippen LogP contribution in [-0.2, 0) is 4.79 Å². The first kappa shape index (κ1) is 28.7. The second-order valence-corrected chi connectivity index (χ2v) is 9.72. The van der Waals surface area contributed by atoms with E-state index in [4.69, 9.17) is 0 Å². The van der Waals surface area contributed by atoms with Crippen LogP contribution in [0.1, 0.15) is 124 Å². The Labute approximate surface area is 199 Å². The fraction of sp³-hybridized carbons (Fsp3) is 0.821. The van der Waals surface area contributed by atoms with E-state index in [1.54, 1.807) is 6.92 Å². The lowest BCUT2D eigenvalue weighted by Crippen LogP contribution is -2.55. The maximum atomic E-state index is 11.2. The lowest BCUT2D eigenvalue weighted by molar-refractivity contribution is -0.897. The minimum absolute atomic E-state index is 0.0556. The summed E-state index contributed by atoms with van der Waals surface area (Å²) >= 11 is 0. The van der Waals surface area contributed by atoms with Crippen molar-refractivity contribution < 1.29 is 9.28 Å². The molecule has 4 heteroatoms. The van der Waals surface area contributed by atoms with Gasteiger partial charge >= 0.3 is 0 Å². The van der Waals surface area contributed by atoms with Crippen molar-refractivity contribution in [3.63, 3.8) is 0 Å². The SMILES string of the molecule is CCCCCCCCCCCCCCCC/C=C/CC1NC=C[N+]1(CC)CCNC(C)=O. The number of allylic oxidation sites excluding steroid dienone is 1. The Bertz CT molecular complexity index is 517. The van der Waals surface area contributed by atoms with Gasteiger partial charge in [-0.05, 0) is 19.8 Å². The van der Waals surface area contributed by atoms with Gasteiger partial charge < -0.3 is 10.6 Å². The minimum atomic E-state index is 0.0556. The van der Waals surface area contributed by atoms with Crippen LogP contribution in [0.5, 0.6) is 0 Å². The van der Waals surface area contributed by atoms with Crippen LogP contribution in [0.2, 0.25) is 0 Å². The van der Waals surface area contributed by atoms with Crippen LogP contribution in [0.25, 0.3) is 0 Å². The topological polar surface area (TPSA) is 41.1 Å². The summed E-state index contributed by atoms with van der Waals surface area (Å²) in [6, 6.07) is 0. The zero-order valence-electron chi connectivity index (χ0n) is 21.7. The number of nitrogens with one attached hydrogen (secondary N) is 2. The number of hydrogen-bond acceptors (Lipinski definition) is 2. The van der Waals surface area contributed by atoms with E-state index in [-0.39, 0.29) is 5.91 Å². The molecule has 0 aromatic heterocycles. The molecule has 0 saturated carbocycles. The average Bonchev–Trinajstić information content (AvgIpc) is 3.18. The van der Waals surface area contributed by atoms with Gasteiger partial charge in [0.2, 0.25) is 5.91 Å². The largest absolute Gasteiger partial charge is 0.351 e. The Morgan fingerprint density at radius 1 is 0.875 bits per heavy atom. The minimum Gasteiger partial charge on any atom is -0.351 e. The lowest BCUT2D eigenvalue weighted by atomic mass is 10.0. The molecule has 0 spiro atoms. The smallest absolute Gasteiger partial charge is 0.217 e. The van der Waals surface area contributed by atoms with Crippen LogP contribution in [0, 0.1) is 0 Å². The summed E-state index contributed by atoms with van der Waals surface area (Å²) in [5.74, 6) is 0.0556. The van der Waals surface area contributed by atoms with E-state index in [2.05, 4.69) is 49.0 Å². The molecule has 1 aliphatic rings. The van der Waals surface area contributed by atoms with E-state index >= 15 is 0 Å². The monoisotopic (exact) mass is 448 g/mol. The van der Waals surface area contributed by atoms with Gasteiger partial charge in [-0.15, -0.1) is 0 Å². The van der Waals surface area contributed by atoms with E-state index in [0.717, 1.165) is 30.5 Å². The molecule has 1 amide bonds. The first-order valence-electron chi connectivity index (χ1n) is 13.8. The molecule has 1 heterocycles. The van der Waals surface area contributed by atoms with E-state index in [0.29, 0.717) is 6.17 Å². The predicted octanol–water partition coefficient (Wildman–Crippen LogP) is 7.18. The second kappa shape index (κ2) is 19.2. The number of amides is 1. The summed E-state index contributed by atoms with van der Waals surface area (Å²) in [5, 5.41) is 6.46. The molecule has 0 aromatic rings. The van der Waals surface area contributed by atoms with Gasteiger partial charge in [-0.2, -0.15) is 0 Å². The van der Waals surface area contributed by atoms with Crippen LogP contribution in [0.4, 0.5) is 0 Å². The molecule has 186 valence electrons. The molecular weight excluding hydrogens is 394 g/mol. The number of quaternary nitrogens is 1. The highest BCUT2D eigenvalue weighted by molar-refractivity contribution is 5.72. The number of unbranched alkanes of at least 4 members (excludes halogenated alkanes) is 14. The summed E-state index contributed by atoms with van der Waals surface area (Å²) in [5.41, 5.74) is 0. The molecule has 2 unspecified atom stereocenters. The molecular formula is C28H54N3O+. The fourth-order valence-electron chi connectivity index (χ4n) is 4.79. The van der Waals surface area contributed by atoms with Gasteiger partial charge in [0, 0.05) is 13.3 Å². The van der Waals surface area contributed by atoms with Crippen LogP contribution in [0.3, 0.4) is 0 Å². The van der Waals surface area contributed by atoms with Gasteiger partial charge in [-0.25, -0.2) is 0 Å². The van der Waals surface area contributed by atoms with Gasteiger partial charge in [0.15, 0.2) is 6.17 Å². The van der Waals surface area contributed by atoms with Gasteiger partial charge in [0.1, 0.15) is 12.7 Å². The third-order valence-electron chi connectivity index (χ3n) is 7.02. The molecule has 4 nitrogen and oxygen atoms in total. The van der Waals surface area contributed by atoms with Gasteiger partial charge in [-0.3, -0.25) is 9.28 Å². The van der Waals surface area contributed by atoms with E-state index in [1.165, 1.54) is 96.3 Å². The molecule has 0 radical (unpaired) electrons. The highest BCUT2D eigenvalue weighted by atomic mass is 16.1. The Balaban J connectivity index is 1.97. The van der Waals surface area contributed by atoms with Crippen molar-refractivity contribution in [3.8, 4) is 0 Å². The average molecular weight is 449 g/mol. The van der Waals surface area contributed by atoms with E-state index in [1.807, 2.05) is 0 Å². The standard InChI is InChI=1S/C28H53N3O/c1-4-6-7-8-9-10-11-12-13-14-15-16-17-18-19-20-21-22-28-30-24-26-31(28,5-2)25-23-29-27(3)32/h20-21,24,26,28,30H,4-19,22-23,25H2,1-3H3/p+1/b21-20+. The number of hydrogen-bond donors (Lipinski definition) is 2. The van der Waals surface area contributed by atoms with E-state index in [9.17, 15) is 4.79 Å². The molecule has 0 aliphatic carbocycles. The maximum Gasteiger partial charge on any atom is 0.217 e. The lowest BCUT2D eigenvalue weighted by Gasteiger charge is -2.36. The summed E-state index contributed by atoms with van der Waals surface area (Å²) in [6.07, 6.45) is 31.6. The summed E-state index contributed by atoms with van der Waals surface area (Å²) in [6.45, 7) is 8.83. The molecule has 1 aliphatic heterocycles. The summed E-state index contributed by atoms with van der Waals surface area (Å²) < 4.78 is 0.906. The van der Waals surface area contributed by atoms with E-state index < -0.39 is 0 Å². The van der Waals surface area contributed by atoms with Gasteiger partial charge in [0.25, 0.3) is 0 Å². The number of carbonyl (C=O) groups excluding carboxylic acids is 1. The second-order valence-electron chi connectivity index (χ2n) is 9.72. The van der Waals surface area contributed by atoms with Crippen LogP contribution < -0.4 is 10.6 Å². The fourth-order valence-corrected chi connectivity index (χ4v) is 4.79. The highest BCUT2D eigenvalue weighted by Crippen LogP contribution is 2.21. The quantitative estimate of drug-likeness (QED) is 0.111. The highest BCUT2D eigenvalue weighted by Gasteiger charge is 2.35. The number of likely N-dealkylation sites (N-methyl/N-ethyl adjacent to an activating group) is 1. The first-order chi connectivity index (χ1) is 15.6. The molecule has 2 N–H and O–H groups in total.